The van der Waals surface area contributed by atoms with Gasteiger partial charge in [0.25, 0.3) is 0 Å². The SMILES string of the molecule is Cc1ccc2c(c1)C(N1CCN(C(=O)Nc3ccc(C(C)C)cc3)CC1)=Nc1ccccc1O2. The number of fused-ring (bicyclic) bond motifs is 2. The maximum absolute atomic E-state index is 12.9. The molecule has 0 aliphatic carbocycles. The summed E-state index contributed by atoms with van der Waals surface area (Å²) in [5.74, 6) is 2.92. The molecule has 0 saturated carbocycles. The maximum Gasteiger partial charge on any atom is 0.321 e. The van der Waals surface area contributed by atoms with Gasteiger partial charge in [0, 0.05) is 31.9 Å². The van der Waals surface area contributed by atoms with Crippen LogP contribution < -0.4 is 10.1 Å². The molecule has 1 fully saturated rings. The highest BCUT2D eigenvalue weighted by atomic mass is 16.5. The standard InChI is InChI=1S/C28H30N4O2/c1-19(2)21-9-11-22(12-10-21)29-28(33)32-16-14-31(15-17-32)27-23-18-20(3)8-13-25(23)34-26-7-5-4-6-24(26)30-27/h4-13,18-19H,14-17H2,1-3H3,(H,29,33). The Hall–Kier alpha value is -3.80. The fraction of sp³-hybridized carbons (Fsp3) is 0.286. The zero-order chi connectivity index (χ0) is 23.7. The van der Waals surface area contributed by atoms with Gasteiger partial charge in [0.15, 0.2) is 5.75 Å². The average molecular weight is 455 g/mol. The lowest BCUT2D eigenvalue weighted by molar-refractivity contribution is 0.181. The summed E-state index contributed by atoms with van der Waals surface area (Å²) in [5, 5.41) is 3.04. The van der Waals surface area contributed by atoms with E-state index < -0.39 is 0 Å². The molecule has 2 aliphatic heterocycles. The van der Waals surface area contributed by atoms with Crippen LogP contribution in [-0.4, -0.2) is 47.8 Å². The van der Waals surface area contributed by atoms with Crippen LogP contribution in [0.1, 0.15) is 36.5 Å². The Morgan fingerprint density at radius 2 is 1.68 bits per heavy atom. The quantitative estimate of drug-likeness (QED) is 0.505. The number of anilines is 1. The summed E-state index contributed by atoms with van der Waals surface area (Å²) in [6, 6.07) is 22.1. The van der Waals surface area contributed by atoms with Crippen LogP contribution in [0.2, 0.25) is 0 Å². The predicted molar refractivity (Wildman–Crippen MR) is 137 cm³/mol. The first kappa shape index (κ1) is 22.0. The van der Waals surface area contributed by atoms with Gasteiger partial charge in [-0.15, -0.1) is 0 Å². The highest BCUT2D eigenvalue weighted by Gasteiger charge is 2.27. The van der Waals surface area contributed by atoms with E-state index in [4.69, 9.17) is 9.73 Å². The molecule has 2 amide bonds. The number of benzene rings is 3. The van der Waals surface area contributed by atoms with E-state index in [9.17, 15) is 4.79 Å². The summed E-state index contributed by atoms with van der Waals surface area (Å²) in [6.07, 6.45) is 0. The Bertz CT molecular complexity index is 1230. The average Bonchev–Trinajstić information content (AvgIpc) is 3.01. The first-order valence-electron chi connectivity index (χ1n) is 11.9. The number of aliphatic imine (C=N–C) groups is 1. The van der Waals surface area contributed by atoms with Gasteiger partial charge in [0.2, 0.25) is 0 Å². The van der Waals surface area contributed by atoms with Gasteiger partial charge in [-0.25, -0.2) is 9.79 Å². The number of rotatable bonds is 2. The molecule has 3 aromatic rings. The molecular formula is C28H30N4O2. The molecule has 1 saturated heterocycles. The second kappa shape index (κ2) is 9.21. The van der Waals surface area contributed by atoms with Gasteiger partial charge in [-0.05, 0) is 54.8 Å². The van der Waals surface area contributed by atoms with Crippen molar-refractivity contribution in [3.8, 4) is 11.5 Å². The van der Waals surface area contributed by atoms with E-state index in [1.807, 2.05) is 47.4 Å². The Morgan fingerprint density at radius 3 is 2.41 bits per heavy atom. The van der Waals surface area contributed by atoms with Gasteiger partial charge in [-0.3, -0.25) is 0 Å². The number of hydrogen-bond acceptors (Lipinski definition) is 4. The van der Waals surface area contributed by atoms with Gasteiger partial charge < -0.3 is 19.9 Å². The van der Waals surface area contributed by atoms with Crippen LogP contribution in [0, 0.1) is 6.92 Å². The van der Waals surface area contributed by atoms with Crippen LogP contribution in [0.25, 0.3) is 0 Å². The molecule has 0 aromatic heterocycles. The molecule has 0 unspecified atom stereocenters. The van der Waals surface area contributed by atoms with Crippen LogP contribution in [0.4, 0.5) is 16.2 Å². The Balaban J connectivity index is 1.31. The first-order valence-corrected chi connectivity index (χ1v) is 11.9. The maximum atomic E-state index is 12.9. The largest absolute Gasteiger partial charge is 0.454 e. The smallest absolute Gasteiger partial charge is 0.321 e. The molecule has 0 bridgehead atoms. The van der Waals surface area contributed by atoms with E-state index in [1.54, 1.807) is 0 Å². The molecule has 2 aliphatic rings. The van der Waals surface area contributed by atoms with Gasteiger partial charge >= 0.3 is 6.03 Å². The first-order chi connectivity index (χ1) is 16.5. The topological polar surface area (TPSA) is 57.2 Å². The van der Waals surface area contributed by atoms with Crippen molar-refractivity contribution >= 4 is 23.2 Å². The number of aryl methyl sites for hydroxylation is 1. The predicted octanol–water partition coefficient (Wildman–Crippen LogP) is 6.15. The third-order valence-corrected chi connectivity index (χ3v) is 6.38. The second-order valence-electron chi connectivity index (χ2n) is 9.19. The van der Waals surface area contributed by atoms with Crippen molar-refractivity contribution in [1.82, 2.24) is 9.80 Å². The number of urea groups is 1. The van der Waals surface area contributed by atoms with Gasteiger partial charge in [-0.1, -0.05) is 49.7 Å². The number of para-hydroxylation sites is 2. The van der Waals surface area contributed by atoms with Crippen LogP contribution in [0.3, 0.4) is 0 Å². The van der Waals surface area contributed by atoms with Crippen molar-refractivity contribution in [1.29, 1.82) is 0 Å². The van der Waals surface area contributed by atoms with Crippen molar-refractivity contribution in [3.05, 3.63) is 83.4 Å². The van der Waals surface area contributed by atoms with Gasteiger partial charge in [0.1, 0.15) is 17.3 Å². The number of amides is 2. The lowest BCUT2D eigenvalue weighted by atomic mass is 10.0. The van der Waals surface area contributed by atoms with Crippen molar-refractivity contribution in [2.24, 2.45) is 4.99 Å². The third-order valence-electron chi connectivity index (χ3n) is 6.38. The summed E-state index contributed by atoms with van der Waals surface area (Å²) in [5.41, 5.74) is 5.04. The molecule has 5 rings (SSSR count). The van der Waals surface area contributed by atoms with Crippen LogP contribution in [-0.2, 0) is 0 Å². The highest BCUT2D eigenvalue weighted by molar-refractivity contribution is 6.04. The Kier molecular flexibility index (Phi) is 5.97. The Morgan fingerprint density at radius 1 is 0.941 bits per heavy atom. The lowest BCUT2D eigenvalue weighted by Gasteiger charge is -2.36. The van der Waals surface area contributed by atoms with Crippen LogP contribution in [0.15, 0.2) is 71.7 Å². The molecular weight excluding hydrogens is 424 g/mol. The zero-order valence-electron chi connectivity index (χ0n) is 19.9. The number of ether oxygens (including phenoxy) is 1. The minimum absolute atomic E-state index is 0.0651. The number of carbonyl (C=O) groups is 1. The van der Waals surface area contributed by atoms with Crippen LogP contribution in [0.5, 0.6) is 11.5 Å². The van der Waals surface area contributed by atoms with Crippen LogP contribution >= 0.6 is 0 Å². The van der Waals surface area contributed by atoms with E-state index in [2.05, 4.69) is 55.3 Å². The fourth-order valence-electron chi connectivity index (χ4n) is 4.35. The molecule has 0 spiro atoms. The summed E-state index contributed by atoms with van der Waals surface area (Å²) in [7, 11) is 0. The summed E-state index contributed by atoms with van der Waals surface area (Å²) < 4.78 is 6.21. The lowest BCUT2D eigenvalue weighted by Crippen LogP contribution is -2.51. The van der Waals surface area contributed by atoms with E-state index in [-0.39, 0.29) is 6.03 Å². The molecule has 174 valence electrons. The van der Waals surface area contributed by atoms with Gasteiger partial charge in [0.05, 0.1) is 5.56 Å². The molecule has 6 nitrogen and oxygen atoms in total. The normalized spacial score (nSPS) is 15.1. The number of hydrogen-bond donors (Lipinski definition) is 1. The third kappa shape index (κ3) is 4.49. The monoisotopic (exact) mass is 454 g/mol. The van der Waals surface area contributed by atoms with E-state index >= 15 is 0 Å². The molecule has 0 atom stereocenters. The molecule has 6 heteroatoms. The van der Waals surface area contributed by atoms with E-state index in [1.165, 1.54) is 5.56 Å². The number of amidine groups is 1. The minimum atomic E-state index is -0.0651. The Labute approximate surface area is 200 Å². The molecule has 1 N–H and O–H groups in total. The minimum Gasteiger partial charge on any atom is -0.454 e. The fourth-order valence-corrected chi connectivity index (χ4v) is 4.35. The van der Waals surface area contributed by atoms with E-state index in [0.29, 0.717) is 32.1 Å². The zero-order valence-corrected chi connectivity index (χ0v) is 19.9. The van der Waals surface area contributed by atoms with Gasteiger partial charge in [-0.2, -0.15) is 0 Å². The summed E-state index contributed by atoms with van der Waals surface area (Å²) >= 11 is 0. The highest BCUT2D eigenvalue weighted by Crippen LogP contribution is 2.38. The summed E-state index contributed by atoms with van der Waals surface area (Å²) in [4.78, 5) is 22.0. The number of piperazine rings is 1. The molecule has 34 heavy (non-hydrogen) atoms. The van der Waals surface area contributed by atoms with Crippen molar-refractivity contribution in [3.63, 3.8) is 0 Å². The summed E-state index contributed by atoms with van der Waals surface area (Å²) in [6.45, 7) is 9.05. The van der Waals surface area contributed by atoms with Crippen molar-refractivity contribution in [2.75, 3.05) is 31.5 Å². The molecule has 3 aromatic carbocycles. The molecule has 0 radical (unpaired) electrons. The van der Waals surface area contributed by atoms with E-state index in [0.717, 1.165) is 39.8 Å². The molecule has 2 heterocycles. The van der Waals surface area contributed by atoms with Crippen molar-refractivity contribution < 1.29 is 9.53 Å². The number of nitrogens with one attached hydrogen (secondary N) is 1. The number of carbonyl (C=O) groups excluding carboxylic acids is 1. The number of nitrogens with zero attached hydrogens (tertiary/aromatic N) is 3. The second-order valence-corrected chi connectivity index (χ2v) is 9.19. The van der Waals surface area contributed by atoms with Crippen molar-refractivity contribution in [2.45, 2.75) is 26.7 Å².